The molecule has 0 saturated carbocycles. The first-order valence-corrected chi connectivity index (χ1v) is 8.98. The van der Waals surface area contributed by atoms with Crippen LogP contribution < -0.4 is 5.32 Å². The Morgan fingerprint density at radius 2 is 2.11 bits per heavy atom. The lowest BCUT2D eigenvalue weighted by Crippen LogP contribution is -2.33. The summed E-state index contributed by atoms with van der Waals surface area (Å²) in [4.78, 5) is 12.6. The van der Waals surface area contributed by atoms with Crippen LogP contribution in [0.4, 0.5) is 0 Å². The third kappa shape index (κ3) is 4.17. The van der Waals surface area contributed by atoms with E-state index >= 15 is 0 Å². The van der Waals surface area contributed by atoms with E-state index in [9.17, 15) is 13.2 Å². The lowest BCUT2D eigenvalue weighted by Gasteiger charge is -2.20. The van der Waals surface area contributed by atoms with Gasteiger partial charge in [0, 0.05) is 34.7 Å². The van der Waals surface area contributed by atoms with E-state index in [0.717, 1.165) is 29.1 Å². The number of ether oxygens (including phenoxy) is 1. The molecule has 19 heavy (non-hydrogen) atoms. The summed E-state index contributed by atoms with van der Waals surface area (Å²) in [6, 6.07) is 3.10. The van der Waals surface area contributed by atoms with Crippen molar-refractivity contribution in [3.8, 4) is 0 Å². The lowest BCUT2D eigenvalue weighted by atomic mass is 9.99. The van der Waals surface area contributed by atoms with Gasteiger partial charge in [0.25, 0.3) is 9.05 Å². The first kappa shape index (κ1) is 14.8. The highest BCUT2D eigenvalue weighted by atomic mass is 35.7. The smallest absolute Gasteiger partial charge is 0.270 e. The molecule has 0 radical (unpaired) electrons. The number of rotatable bonds is 4. The number of halogens is 1. The minimum absolute atomic E-state index is 0.00743. The predicted molar refractivity (Wildman–Crippen MR) is 72.7 cm³/mol. The molecule has 106 valence electrons. The lowest BCUT2D eigenvalue weighted by molar-refractivity contribution is -0.128. The topological polar surface area (TPSA) is 72.5 Å². The van der Waals surface area contributed by atoms with Crippen molar-refractivity contribution in [1.82, 2.24) is 5.32 Å². The summed E-state index contributed by atoms with van der Waals surface area (Å²) in [6.07, 6.45) is 1.47. The quantitative estimate of drug-likeness (QED) is 0.856. The summed E-state index contributed by atoms with van der Waals surface area (Å²) >= 11 is 1.07. The van der Waals surface area contributed by atoms with Crippen molar-refractivity contribution in [2.24, 2.45) is 5.92 Å². The molecule has 0 atom stereocenters. The van der Waals surface area contributed by atoms with Gasteiger partial charge in [-0.2, -0.15) is 0 Å². The van der Waals surface area contributed by atoms with E-state index < -0.39 is 9.05 Å². The molecule has 2 heterocycles. The van der Waals surface area contributed by atoms with Crippen molar-refractivity contribution in [3.63, 3.8) is 0 Å². The summed E-state index contributed by atoms with van der Waals surface area (Å²) in [5.74, 6) is -0.0167. The molecule has 1 aromatic rings. The molecule has 2 rings (SSSR count). The van der Waals surface area contributed by atoms with Crippen LogP contribution in [0, 0.1) is 5.92 Å². The Hall–Kier alpha value is -0.630. The number of carbonyl (C=O) groups is 1. The van der Waals surface area contributed by atoms with Gasteiger partial charge in [-0.1, -0.05) is 0 Å². The molecule has 1 amide bonds. The zero-order chi connectivity index (χ0) is 13.9. The Kier molecular flexibility index (Phi) is 4.83. The van der Waals surface area contributed by atoms with Gasteiger partial charge in [-0.05, 0) is 25.0 Å². The molecule has 1 saturated heterocycles. The molecule has 5 nitrogen and oxygen atoms in total. The third-order valence-electron chi connectivity index (χ3n) is 2.91. The average Bonchev–Trinajstić information content (AvgIpc) is 2.86. The number of amides is 1. The highest BCUT2D eigenvalue weighted by Gasteiger charge is 2.21. The van der Waals surface area contributed by atoms with Crippen molar-refractivity contribution in [2.75, 3.05) is 13.2 Å². The minimum atomic E-state index is -3.68. The fraction of sp³-hybridized carbons (Fsp3) is 0.545. The first-order chi connectivity index (χ1) is 8.97. The van der Waals surface area contributed by atoms with Crippen LogP contribution in [-0.2, 0) is 25.1 Å². The fourth-order valence-electron chi connectivity index (χ4n) is 1.86. The molecule has 0 unspecified atom stereocenters. The maximum atomic E-state index is 11.9. The number of carbonyl (C=O) groups excluding carboxylic acids is 1. The van der Waals surface area contributed by atoms with Crippen molar-refractivity contribution in [2.45, 2.75) is 23.6 Å². The first-order valence-electron chi connectivity index (χ1n) is 5.85. The largest absolute Gasteiger partial charge is 0.381 e. The Labute approximate surface area is 120 Å². The van der Waals surface area contributed by atoms with Gasteiger partial charge in [0.05, 0.1) is 6.54 Å². The van der Waals surface area contributed by atoms with Crippen LogP contribution in [-0.4, -0.2) is 27.5 Å². The predicted octanol–water partition coefficient (Wildman–Crippen LogP) is 1.72. The van der Waals surface area contributed by atoms with Gasteiger partial charge in [0.1, 0.15) is 4.21 Å². The van der Waals surface area contributed by atoms with Crippen LogP contribution in [0.2, 0.25) is 0 Å². The summed E-state index contributed by atoms with van der Waals surface area (Å²) < 4.78 is 27.5. The molecule has 0 spiro atoms. The van der Waals surface area contributed by atoms with Crippen LogP contribution in [0.25, 0.3) is 0 Å². The van der Waals surface area contributed by atoms with Crippen LogP contribution in [0.1, 0.15) is 17.7 Å². The number of nitrogens with one attached hydrogen (secondary N) is 1. The van der Waals surface area contributed by atoms with E-state index in [-0.39, 0.29) is 16.0 Å². The van der Waals surface area contributed by atoms with Gasteiger partial charge in [-0.3, -0.25) is 4.79 Å². The summed E-state index contributed by atoms with van der Waals surface area (Å²) in [6.45, 7) is 1.56. The molecule has 1 N–H and O–H groups in total. The maximum absolute atomic E-state index is 11.9. The van der Waals surface area contributed by atoms with E-state index in [2.05, 4.69) is 5.32 Å². The Bertz CT molecular complexity index is 549. The second-order valence-corrected chi connectivity index (χ2v) is 8.22. The maximum Gasteiger partial charge on any atom is 0.270 e. The van der Waals surface area contributed by atoms with E-state index in [1.165, 1.54) is 6.07 Å². The SMILES string of the molecule is O=C(NCc1ccc(S(=O)(=O)Cl)s1)C1CCOCC1. The summed E-state index contributed by atoms with van der Waals surface area (Å²) in [7, 11) is 1.56. The molecule has 0 bridgehead atoms. The summed E-state index contributed by atoms with van der Waals surface area (Å²) in [5.41, 5.74) is 0. The molecule has 8 heteroatoms. The van der Waals surface area contributed by atoms with Crippen molar-refractivity contribution in [1.29, 1.82) is 0 Å². The van der Waals surface area contributed by atoms with E-state index in [4.69, 9.17) is 15.4 Å². The van der Waals surface area contributed by atoms with Crippen molar-refractivity contribution >= 4 is 37.0 Å². The fourth-order valence-corrected chi connectivity index (χ4v) is 3.93. The zero-order valence-corrected chi connectivity index (χ0v) is 12.5. The van der Waals surface area contributed by atoms with Crippen LogP contribution in [0.5, 0.6) is 0 Å². The zero-order valence-electron chi connectivity index (χ0n) is 10.1. The third-order valence-corrected chi connectivity index (χ3v) is 6.08. The van der Waals surface area contributed by atoms with Crippen molar-refractivity contribution in [3.05, 3.63) is 17.0 Å². The van der Waals surface area contributed by atoms with Crippen LogP contribution >= 0.6 is 22.0 Å². The van der Waals surface area contributed by atoms with Crippen LogP contribution in [0.15, 0.2) is 16.3 Å². The molecule has 0 aliphatic carbocycles. The standard InChI is InChI=1S/C11H14ClNO4S2/c12-19(15,16)10-2-1-9(18-10)7-13-11(14)8-3-5-17-6-4-8/h1-2,8H,3-7H2,(H,13,14). The number of thiophene rings is 1. The Morgan fingerprint density at radius 1 is 1.42 bits per heavy atom. The molecule has 1 aliphatic heterocycles. The van der Waals surface area contributed by atoms with E-state index in [0.29, 0.717) is 19.8 Å². The highest BCUT2D eigenvalue weighted by Crippen LogP contribution is 2.24. The average molecular weight is 324 g/mol. The second kappa shape index (κ2) is 6.21. The normalized spacial score (nSPS) is 17.3. The summed E-state index contributed by atoms with van der Waals surface area (Å²) in [5, 5.41) is 2.81. The van der Waals surface area contributed by atoms with Crippen molar-refractivity contribution < 1.29 is 17.9 Å². The Balaban J connectivity index is 1.88. The minimum Gasteiger partial charge on any atom is -0.381 e. The van der Waals surface area contributed by atoms with Gasteiger partial charge >= 0.3 is 0 Å². The molecule has 1 fully saturated rings. The van der Waals surface area contributed by atoms with E-state index in [1.54, 1.807) is 6.07 Å². The number of hydrogen-bond donors (Lipinski definition) is 1. The van der Waals surface area contributed by atoms with E-state index in [1.807, 2.05) is 0 Å². The van der Waals surface area contributed by atoms with Gasteiger partial charge in [0.2, 0.25) is 5.91 Å². The van der Waals surface area contributed by atoms with Gasteiger partial charge in [-0.25, -0.2) is 8.42 Å². The molecular weight excluding hydrogens is 310 g/mol. The molecule has 1 aliphatic rings. The van der Waals surface area contributed by atoms with Gasteiger partial charge in [-0.15, -0.1) is 11.3 Å². The Morgan fingerprint density at radius 3 is 2.68 bits per heavy atom. The highest BCUT2D eigenvalue weighted by molar-refractivity contribution is 8.15. The molecule has 0 aromatic carbocycles. The van der Waals surface area contributed by atoms with Gasteiger partial charge < -0.3 is 10.1 Å². The monoisotopic (exact) mass is 323 g/mol. The number of hydrogen-bond acceptors (Lipinski definition) is 5. The van der Waals surface area contributed by atoms with Crippen LogP contribution in [0.3, 0.4) is 0 Å². The molecular formula is C11H14ClNO4S2. The van der Waals surface area contributed by atoms with Gasteiger partial charge in [0.15, 0.2) is 0 Å². The second-order valence-electron chi connectivity index (χ2n) is 4.26. The molecule has 1 aromatic heterocycles.